The molecule has 2 aliphatic rings. The molecular weight excluding hydrogens is 306 g/mol. The zero-order chi connectivity index (χ0) is 16.4. The predicted octanol–water partition coefficient (Wildman–Crippen LogP) is 3.25. The maximum atomic E-state index is 10.0. The number of rotatable bonds is 4. The summed E-state index contributed by atoms with van der Waals surface area (Å²) in [6.07, 6.45) is 1.57. The Bertz CT molecular complexity index is 751. The van der Waals surface area contributed by atoms with E-state index in [0.717, 1.165) is 29.7 Å². The summed E-state index contributed by atoms with van der Waals surface area (Å²) in [4.78, 5) is 5.63. The molecule has 5 heteroatoms. The van der Waals surface area contributed by atoms with Crippen molar-refractivity contribution >= 4 is 5.71 Å². The van der Waals surface area contributed by atoms with Crippen LogP contribution in [0.25, 0.3) is 0 Å². The number of phenols is 1. The second-order valence-corrected chi connectivity index (χ2v) is 6.25. The van der Waals surface area contributed by atoms with Crippen LogP contribution in [0.3, 0.4) is 0 Å². The molecule has 5 nitrogen and oxygen atoms in total. The first-order valence-electron chi connectivity index (χ1n) is 8.07. The third-order valence-electron chi connectivity index (χ3n) is 4.44. The van der Waals surface area contributed by atoms with Crippen LogP contribution in [0.15, 0.2) is 53.7 Å². The third kappa shape index (κ3) is 2.95. The van der Waals surface area contributed by atoms with Crippen LogP contribution in [0.5, 0.6) is 11.5 Å². The zero-order valence-corrected chi connectivity index (χ0v) is 13.3. The molecule has 0 aromatic heterocycles. The topological polar surface area (TPSA) is 60.3 Å². The number of aromatic hydroxyl groups is 1. The van der Waals surface area contributed by atoms with Crippen molar-refractivity contribution < 1.29 is 19.4 Å². The molecule has 1 spiro atoms. The van der Waals surface area contributed by atoms with Gasteiger partial charge in [0, 0.05) is 18.4 Å². The van der Waals surface area contributed by atoms with E-state index in [1.165, 1.54) is 0 Å². The van der Waals surface area contributed by atoms with E-state index in [9.17, 15) is 5.11 Å². The van der Waals surface area contributed by atoms with E-state index >= 15 is 0 Å². The largest absolute Gasteiger partial charge is 0.504 e. The Morgan fingerprint density at radius 3 is 2.83 bits per heavy atom. The molecule has 2 aliphatic heterocycles. The Morgan fingerprint density at radius 2 is 2.04 bits per heavy atom. The molecule has 0 aliphatic carbocycles. The molecule has 1 atom stereocenters. The number of ether oxygens (including phenoxy) is 2. The second kappa shape index (κ2) is 6.17. The van der Waals surface area contributed by atoms with Crippen LogP contribution in [-0.4, -0.2) is 29.6 Å². The van der Waals surface area contributed by atoms with Gasteiger partial charge in [-0.3, -0.25) is 0 Å². The normalized spacial score (nSPS) is 22.4. The van der Waals surface area contributed by atoms with Crippen LogP contribution >= 0.6 is 0 Å². The van der Waals surface area contributed by atoms with E-state index in [4.69, 9.17) is 14.3 Å². The van der Waals surface area contributed by atoms with Gasteiger partial charge in [0.05, 0.1) is 18.9 Å². The summed E-state index contributed by atoms with van der Waals surface area (Å²) in [7, 11) is 0. The van der Waals surface area contributed by atoms with Gasteiger partial charge in [-0.1, -0.05) is 35.5 Å². The van der Waals surface area contributed by atoms with Gasteiger partial charge in [0.1, 0.15) is 6.61 Å². The molecule has 2 aromatic carbocycles. The Kier molecular flexibility index (Phi) is 3.86. The Hall–Kier alpha value is -2.53. The molecule has 1 N–H and O–H groups in total. The molecular formula is C19H19NO4. The van der Waals surface area contributed by atoms with Gasteiger partial charge in [0.25, 0.3) is 0 Å². The van der Waals surface area contributed by atoms with Crippen LogP contribution in [0.2, 0.25) is 0 Å². The van der Waals surface area contributed by atoms with E-state index in [1.54, 1.807) is 6.07 Å². The molecule has 2 aromatic rings. The highest BCUT2D eigenvalue weighted by Gasteiger charge is 2.43. The van der Waals surface area contributed by atoms with E-state index in [-0.39, 0.29) is 11.4 Å². The second-order valence-electron chi connectivity index (χ2n) is 6.25. The molecule has 4 rings (SSSR count). The summed E-state index contributed by atoms with van der Waals surface area (Å²) in [5.74, 6) is 0.566. The lowest BCUT2D eigenvalue weighted by atomic mass is 9.93. The maximum absolute atomic E-state index is 10.0. The SMILES string of the molecule is Oc1ccc(C2=NO[C@]3(CCOC3)C2)cc1OCc1ccccc1. The fourth-order valence-corrected chi connectivity index (χ4v) is 3.02. The highest BCUT2D eigenvalue weighted by Crippen LogP contribution is 2.36. The lowest BCUT2D eigenvalue weighted by Gasteiger charge is -2.17. The van der Waals surface area contributed by atoms with Crippen molar-refractivity contribution in [2.24, 2.45) is 5.16 Å². The number of hydrogen-bond donors (Lipinski definition) is 1. The Morgan fingerprint density at radius 1 is 1.17 bits per heavy atom. The maximum Gasteiger partial charge on any atom is 0.168 e. The average Bonchev–Trinajstić information content (AvgIpc) is 3.25. The van der Waals surface area contributed by atoms with Crippen LogP contribution in [0.1, 0.15) is 24.0 Å². The zero-order valence-electron chi connectivity index (χ0n) is 13.3. The molecule has 1 saturated heterocycles. The fourth-order valence-electron chi connectivity index (χ4n) is 3.02. The van der Waals surface area contributed by atoms with Gasteiger partial charge in [-0.05, 0) is 23.8 Å². The van der Waals surface area contributed by atoms with E-state index in [0.29, 0.717) is 25.6 Å². The lowest BCUT2D eigenvalue weighted by molar-refractivity contribution is -0.0237. The molecule has 24 heavy (non-hydrogen) atoms. The summed E-state index contributed by atoms with van der Waals surface area (Å²) in [5, 5.41) is 14.3. The van der Waals surface area contributed by atoms with Crippen molar-refractivity contribution in [3.8, 4) is 11.5 Å². The van der Waals surface area contributed by atoms with Gasteiger partial charge >= 0.3 is 0 Å². The Balaban J connectivity index is 1.49. The van der Waals surface area contributed by atoms with Crippen molar-refractivity contribution in [3.05, 3.63) is 59.7 Å². The number of phenolic OH excluding ortho intramolecular Hbond substituents is 1. The fraction of sp³-hybridized carbons (Fsp3) is 0.316. The van der Waals surface area contributed by atoms with Gasteiger partial charge < -0.3 is 19.4 Å². The highest BCUT2D eigenvalue weighted by atomic mass is 16.7. The molecule has 0 bridgehead atoms. The number of benzene rings is 2. The van der Waals surface area contributed by atoms with Gasteiger partial charge in [-0.25, -0.2) is 0 Å². The smallest absolute Gasteiger partial charge is 0.168 e. The molecule has 0 saturated carbocycles. The summed E-state index contributed by atoms with van der Waals surface area (Å²) in [6, 6.07) is 15.1. The quantitative estimate of drug-likeness (QED) is 0.937. The van der Waals surface area contributed by atoms with Crippen molar-refractivity contribution in [2.45, 2.75) is 25.0 Å². The molecule has 1 fully saturated rings. The van der Waals surface area contributed by atoms with E-state index in [1.807, 2.05) is 42.5 Å². The molecule has 0 unspecified atom stereocenters. The number of oxime groups is 1. The minimum absolute atomic E-state index is 0.119. The highest BCUT2D eigenvalue weighted by molar-refractivity contribution is 6.02. The lowest BCUT2D eigenvalue weighted by Crippen LogP contribution is -2.29. The summed E-state index contributed by atoms with van der Waals surface area (Å²) in [6.45, 7) is 1.69. The molecule has 0 radical (unpaired) electrons. The van der Waals surface area contributed by atoms with Gasteiger partial charge in [0.15, 0.2) is 17.1 Å². The van der Waals surface area contributed by atoms with Crippen LogP contribution < -0.4 is 4.74 Å². The van der Waals surface area contributed by atoms with Gasteiger partial charge in [-0.15, -0.1) is 0 Å². The van der Waals surface area contributed by atoms with Crippen molar-refractivity contribution in [3.63, 3.8) is 0 Å². The minimum Gasteiger partial charge on any atom is -0.504 e. The number of hydrogen-bond acceptors (Lipinski definition) is 5. The standard InChI is InChI=1S/C19H19NO4/c21-17-7-6-15(16-11-19(24-20-16)8-9-22-13-19)10-18(17)23-12-14-4-2-1-3-5-14/h1-7,10,21H,8-9,11-13H2/t19-/m1/s1. The molecule has 0 amide bonds. The first-order valence-corrected chi connectivity index (χ1v) is 8.07. The Labute approximate surface area is 140 Å². The summed E-state index contributed by atoms with van der Waals surface area (Å²) < 4.78 is 11.2. The van der Waals surface area contributed by atoms with Crippen LogP contribution in [-0.2, 0) is 16.2 Å². The number of nitrogens with zero attached hydrogens (tertiary/aromatic N) is 1. The molecule has 2 heterocycles. The monoisotopic (exact) mass is 325 g/mol. The van der Waals surface area contributed by atoms with Crippen molar-refractivity contribution in [2.75, 3.05) is 13.2 Å². The third-order valence-corrected chi connectivity index (χ3v) is 4.44. The summed E-state index contributed by atoms with van der Waals surface area (Å²) in [5.41, 5.74) is 2.51. The first kappa shape index (κ1) is 15.0. The van der Waals surface area contributed by atoms with E-state index in [2.05, 4.69) is 5.16 Å². The van der Waals surface area contributed by atoms with E-state index < -0.39 is 0 Å². The molecule has 124 valence electrons. The van der Waals surface area contributed by atoms with Crippen LogP contribution in [0, 0.1) is 0 Å². The summed E-state index contributed by atoms with van der Waals surface area (Å²) >= 11 is 0. The van der Waals surface area contributed by atoms with Crippen LogP contribution in [0.4, 0.5) is 0 Å². The van der Waals surface area contributed by atoms with Gasteiger partial charge in [0.2, 0.25) is 0 Å². The average molecular weight is 325 g/mol. The predicted molar refractivity (Wildman–Crippen MR) is 89.3 cm³/mol. The minimum atomic E-state index is -0.307. The first-order chi connectivity index (χ1) is 11.7. The van der Waals surface area contributed by atoms with Gasteiger partial charge in [-0.2, -0.15) is 0 Å². The van der Waals surface area contributed by atoms with Crippen molar-refractivity contribution in [1.82, 2.24) is 0 Å². The van der Waals surface area contributed by atoms with Crippen molar-refractivity contribution in [1.29, 1.82) is 0 Å².